The average molecular weight is 412 g/mol. The number of aromatic nitrogens is 1. The van der Waals surface area contributed by atoms with Crippen LogP contribution < -0.4 is 0 Å². The number of ether oxygens (including phenoxy) is 1. The van der Waals surface area contributed by atoms with Crippen molar-refractivity contribution < 1.29 is 18.7 Å². The van der Waals surface area contributed by atoms with Crippen LogP contribution in [0.25, 0.3) is 0 Å². The highest BCUT2D eigenvalue weighted by atomic mass is 19.1. The molecule has 1 fully saturated rings. The summed E-state index contributed by atoms with van der Waals surface area (Å²) in [4.78, 5) is 35.6. The van der Waals surface area contributed by atoms with E-state index in [1.165, 1.54) is 24.1 Å². The van der Waals surface area contributed by atoms with Crippen LogP contribution in [0.15, 0.2) is 42.6 Å². The number of rotatable bonds is 3. The smallest absolute Gasteiger partial charge is 0.410 e. The molecule has 4 rings (SSSR count). The molecule has 3 heterocycles. The van der Waals surface area contributed by atoms with E-state index in [1.807, 2.05) is 18.2 Å². The number of hydrogen-bond donors (Lipinski definition) is 0. The van der Waals surface area contributed by atoms with E-state index in [2.05, 4.69) is 9.88 Å². The Morgan fingerprint density at radius 1 is 1.13 bits per heavy atom. The molecule has 30 heavy (non-hydrogen) atoms. The summed E-state index contributed by atoms with van der Waals surface area (Å²) in [6, 6.07) is 9.43. The van der Waals surface area contributed by atoms with Crippen LogP contribution in [0, 0.1) is 5.82 Å². The van der Waals surface area contributed by atoms with Crippen LogP contribution in [-0.2, 0) is 22.5 Å². The number of pyridine rings is 1. The number of methoxy groups -OCH3 is 1. The van der Waals surface area contributed by atoms with E-state index in [0.717, 1.165) is 17.8 Å². The lowest BCUT2D eigenvalue weighted by Crippen LogP contribution is -2.54. The Kier molecular flexibility index (Phi) is 5.94. The van der Waals surface area contributed by atoms with Gasteiger partial charge in [-0.2, -0.15) is 0 Å². The van der Waals surface area contributed by atoms with Crippen molar-refractivity contribution in [2.75, 3.05) is 39.8 Å². The first-order valence-corrected chi connectivity index (χ1v) is 10.1. The zero-order valence-electron chi connectivity index (χ0n) is 17.0. The lowest BCUT2D eigenvalue weighted by molar-refractivity contribution is -0.139. The Morgan fingerprint density at radius 2 is 1.93 bits per heavy atom. The van der Waals surface area contributed by atoms with Gasteiger partial charge in [0.05, 0.1) is 12.8 Å². The van der Waals surface area contributed by atoms with Gasteiger partial charge in [0.15, 0.2) is 0 Å². The fraction of sp³-hybridized carbons (Fsp3) is 0.409. The average Bonchev–Trinajstić information content (AvgIpc) is 2.78. The predicted octanol–water partition coefficient (Wildman–Crippen LogP) is 2.23. The minimum Gasteiger partial charge on any atom is -0.453 e. The van der Waals surface area contributed by atoms with Crippen molar-refractivity contribution in [1.82, 2.24) is 19.7 Å². The molecule has 0 radical (unpaired) electrons. The van der Waals surface area contributed by atoms with Crippen molar-refractivity contribution >= 4 is 12.0 Å². The van der Waals surface area contributed by atoms with Gasteiger partial charge in [-0.05, 0) is 41.8 Å². The molecule has 0 unspecified atom stereocenters. The molecular formula is C22H25FN4O3. The van der Waals surface area contributed by atoms with Crippen LogP contribution in [0.4, 0.5) is 9.18 Å². The van der Waals surface area contributed by atoms with E-state index in [9.17, 15) is 14.0 Å². The number of carbonyl (C=O) groups excluding carboxylic acids is 2. The molecule has 2 aliphatic rings. The van der Waals surface area contributed by atoms with Gasteiger partial charge in [-0.3, -0.25) is 19.6 Å². The highest BCUT2D eigenvalue weighted by molar-refractivity contribution is 5.88. The Balaban J connectivity index is 1.50. The van der Waals surface area contributed by atoms with Gasteiger partial charge in [0.25, 0.3) is 0 Å². The SMILES string of the molecule is COC(=O)N1CCc2ccc(F)cc2[C@@H]1C(=O)N1CCN(Cc2ccccn2)CC1. The zero-order chi connectivity index (χ0) is 21.1. The summed E-state index contributed by atoms with van der Waals surface area (Å²) in [5.74, 6) is -0.608. The molecule has 1 aromatic carbocycles. The van der Waals surface area contributed by atoms with E-state index < -0.39 is 18.0 Å². The molecule has 0 aliphatic carbocycles. The Hall–Kier alpha value is -3.00. The minimum absolute atomic E-state index is 0.190. The third kappa shape index (κ3) is 4.14. The first-order chi connectivity index (χ1) is 14.6. The topological polar surface area (TPSA) is 66.0 Å². The molecule has 1 aromatic heterocycles. The molecule has 0 bridgehead atoms. The number of hydrogen-bond acceptors (Lipinski definition) is 5. The molecular weight excluding hydrogens is 387 g/mol. The second-order valence-corrected chi connectivity index (χ2v) is 7.58. The summed E-state index contributed by atoms with van der Waals surface area (Å²) in [7, 11) is 1.29. The third-order valence-electron chi connectivity index (χ3n) is 5.77. The molecule has 1 saturated heterocycles. The van der Waals surface area contributed by atoms with Gasteiger partial charge in [0, 0.05) is 45.5 Å². The number of nitrogens with zero attached hydrogens (tertiary/aromatic N) is 4. The quantitative estimate of drug-likeness (QED) is 0.774. The van der Waals surface area contributed by atoms with Crippen LogP contribution in [-0.4, -0.2) is 71.5 Å². The molecule has 2 amide bonds. The third-order valence-corrected chi connectivity index (χ3v) is 5.77. The van der Waals surface area contributed by atoms with Gasteiger partial charge in [-0.25, -0.2) is 9.18 Å². The highest BCUT2D eigenvalue weighted by Crippen LogP contribution is 2.32. The molecule has 0 spiro atoms. The Labute approximate surface area is 175 Å². The van der Waals surface area contributed by atoms with Crippen molar-refractivity contribution in [3.63, 3.8) is 0 Å². The van der Waals surface area contributed by atoms with Crippen LogP contribution >= 0.6 is 0 Å². The minimum atomic E-state index is -0.862. The van der Waals surface area contributed by atoms with Gasteiger partial charge in [0.1, 0.15) is 11.9 Å². The summed E-state index contributed by atoms with van der Waals surface area (Å²) in [5, 5.41) is 0. The van der Waals surface area contributed by atoms with Crippen molar-refractivity contribution in [2.45, 2.75) is 19.0 Å². The number of benzene rings is 1. The van der Waals surface area contributed by atoms with E-state index in [-0.39, 0.29) is 5.91 Å². The maximum atomic E-state index is 14.0. The van der Waals surface area contributed by atoms with E-state index in [4.69, 9.17) is 4.74 Å². The van der Waals surface area contributed by atoms with Crippen molar-refractivity contribution in [3.05, 3.63) is 65.2 Å². The monoisotopic (exact) mass is 412 g/mol. The fourth-order valence-corrected chi connectivity index (χ4v) is 4.19. The number of carbonyl (C=O) groups is 2. The van der Waals surface area contributed by atoms with Crippen LogP contribution in [0.3, 0.4) is 0 Å². The van der Waals surface area contributed by atoms with Gasteiger partial charge >= 0.3 is 6.09 Å². The van der Waals surface area contributed by atoms with Crippen LogP contribution in [0.2, 0.25) is 0 Å². The lowest BCUT2D eigenvalue weighted by atomic mass is 9.91. The maximum absolute atomic E-state index is 14.0. The number of piperazine rings is 1. The second kappa shape index (κ2) is 8.79. The predicted molar refractivity (Wildman–Crippen MR) is 108 cm³/mol. The van der Waals surface area contributed by atoms with E-state index in [1.54, 1.807) is 17.2 Å². The van der Waals surface area contributed by atoms with Crippen LogP contribution in [0.1, 0.15) is 22.9 Å². The zero-order valence-corrected chi connectivity index (χ0v) is 17.0. The highest BCUT2D eigenvalue weighted by Gasteiger charge is 2.39. The van der Waals surface area contributed by atoms with Crippen LogP contribution in [0.5, 0.6) is 0 Å². The summed E-state index contributed by atoms with van der Waals surface area (Å²) >= 11 is 0. The number of fused-ring (bicyclic) bond motifs is 1. The van der Waals surface area contributed by atoms with Crippen molar-refractivity contribution in [1.29, 1.82) is 0 Å². The standard InChI is InChI=1S/C22H25FN4O3/c1-30-22(29)27-9-7-16-5-6-17(23)14-19(16)20(27)21(28)26-12-10-25(11-13-26)15-18-4-2-3-8-24-18/h2-6,8,14,20H,7,9-13,15H2,1H3/t20-/m1/s1. The lowest BCUT2D eigenvalue weighted by Gasteiger charge is -2.41. The molecule has 1 atom stereocenters. The molecule has 2 aliphatic heterocycles. The summed E-state index contributed by atoms with van der Waals surface area (Å²) in [5.41, 5.74) is 2.43. The Morgan fingerprint density at radius 3 is 2.63 bits per heavy atom. The first-order valence-electron chi connectivity index (χ1n) is 10.1. The summed E-state index contributed by atoms with van der Waals surface area (Å²) in [6.45, 7) is 3.60. The molecule has 158 valence electrons. The van der Waals surface area contributed by atoms with Gasteiger partial charge in [0.2, 0.25) is 5.91 Å². The molecule has 2 aromatic rings. The van der Waals surface area contributed by atoms with Crippen molar-refractivity contribution in [2.24, 2.45) is 0 Å². The molecule has 8 heteroatoms. The second-order valence-electron chi connectivity index (χ2n) is 7.58. The maximum Gasteiger partial charge on any atom is 0.410 e. The van der Waals surface area contributed by atoms with Crippen molar-refractivity contribution in [3.8, 4) is 0 Å². The number of halogens is 1. The first kappa shape index (κ1) is 20.3. The largest absolute Gasteiger partial charge is 0.453 e. The van der Waals surface area contributed by atoms with Gasteiger partial charge in [-0.1, -0.05) is 12.1 Å². The van der Waals surface area contributed by atoms with Gasteiger partial charge < -0.3 is 9.64 Å². The van der Waals surface area contributed by atoms with E-state index in [0.29, 0.717) is 44.7 Å². The summed E-state index contributed by atoms with van der Waals surface area (Å²) in [6.07, 6.45) is 1.76. The Bertz CT molecular complexity index is 916. The molecule has 0 saturated carbocycles. The van der Waals surface area contributed by atoms with E-state index >= 15 is 0 Å². The number of amides is 2. The normalized spacial score (nSPS) is 19.3. The molecule has 0 N–H and O–H groups in total. The molecule has 7 nitrogen and oxygen atoms in total. The van der Waals surface area contributed by atoms with Gasteiger partial charge in [-0.15, -0.1) is 0 Å². The summed E-state index contributed by atoms with van der Waals surface area (Å²) < 4.78 is 18.9. The fourth-order valence-electron chi connectivity index (χ4n) is 4.19.